The topological polar surface area (TPSA) is 94.9 Å². The second kappa shape index (κ2) is 6.36. The summed E-state index contributed by atoms with van der Waals surface area (Å²) >= 11 is 0. The Hall–Kier alpha value is -1.44. The molecule has 0 bridgehead atoms. The van der Waals surface area contributed by atoms with Crippen LogP contribution in [0.1, 0.15) is 48.5 Å². The molecule has 1 atom stereocenters. The molecule has 2 N–H and O–H groups in total. The summed E-state index contributed by atoms with van der Waals surface area (Å²) in [6.45, 7) is 4.12. The molecule has 6 nitrogen and oxygen atoms in total. The summed E-state index contributed by atoms with van der Waals surface area (Å²) in [5.41, 5.74) is 0.533. The Morgan fingerprint density at radius 2 is 2.05 bits per heavy atom. The molecule has 0 spiro atoms. The van der Waals surface area contributed by atoms with Crippen molar-refractivity contribution in [2.45, 2.75) is 43.6 Å². The normalized spacial score (nSPS) is 20.3. The van der Waals surface area contributed by atoms with E-state index in [9.17, 15) is 18.3 Å². The summed E-state index contributed by atoms with van der Waals surface area (Å²) in [7, 11) is -3.82. The number of aromatic carboxylic acids is 1. The summed E-state index contributed by atoms with van der Waals surface area (Å²) in [5, 5.41) is 18.8. The number of β-amino-alcohol motifs (C(OH)–C–C–N with tert-alkyl or cyclic N) is 1. The standard InChI is InChI=1S/C15H21NO5S/c1-10(2)13-6-5-11(15(18)19)8-14(13)22(20,21)16-7-3-4-12(17)9-16/h5-6,8,10,12,17H,3-4,7,9H2,1-2H3,(H,18,19)/t12-/m1/s1. The zero-order valence-electron chi connectivity index (χ0n) is 12.7. The summed E-state index contributed by atoms with van der Waals surface area (Å²) in [4.78, 5) is 11.2. The Labute approximate surface area is 130 Å². The molecule has 0 radical (unpaired) electrons. The van der Waals surface area contributed by atoms with Crippen LogP contribution in [0.4, 0.5) is 0 Å². The van der Waals surface area contributed by atoms with Crippen LogP contribution >= 0.6 is 0 Å². The molecular formula is C15H21NO5S. The van der Waals surface area contributed by atoms with Crippen LogP contribution in [0.3, 0.4) is 0 Å². The quantitative estimate of drug-likeness (QED) is 0.877. The molecule has 7 heteroatoms. The fourth-order valence-corrected chi connectivity index (χ4v) is 4.54. The Balaban J connectivity index is 2.52. The highest BCUT2D eigenvalue weighted by atomic mass is 32.2. The van der Waals surface area contributed by atoms with E-state index in [1.165, 1.54) is 16.4 Å². The van der Waals surface area contributed by atoms with Gasteiger partial charge in [0, 0.05) is 13.1 Å². The number of hydrogen-bond donors (Lipinski definition) is 2. The van der Waals surface area contributed by atoms with Crippen molar-refractivity contribution in [3.05, 3.63) is 29.3 Å². The Kier molecular flexibility index (Phi) is 4.89. The lowest BCUT2D eigenvalue weighted by Gasteiger charge is -2.30. The van der Waals surface area contributed by atoms with Gasteiger partial charge in [0.05, 0.1) is 16.6 Å². The fraction of sp³-hybridized carbons (Fsp3) is 0.533. The number of rotatable bonds is 4. The first-order chi connectivity index (χ1) is 10.2. The predicted octanol–water partition coefficient (Wildman–Crippen LogP) is 1.65. The number of nitrogens with zero attached hydrogens (tertiary/aromatic N) is 1. The molecule has 0 amide bonds. The van der Waals surface area contributed by atoms with Gasteiger partial charge in [0.25, 0.3) is 0 Å². The van der Waals surface area contributed by atoms with Crippen LogP contribution in [0, 0.1) is 0 Å². The molecular weight excluding hydrogens is 306 g/mol. The van der Waals surface area contributed by atoms with E-state index in [0.29, 0.717) is 24.9 Å². The lowest BCUT2D eigenvalue weighted by Crippen LogP contribution is -2.42. The van der Waals surface area contributed by atoms with Gasteiger partial charge in [0.15, 0.2) is 0 Å². The van der Waals surface area contributed by atoms with E-state index < -0.39 is 22.1 Å². The minimum absolute atomic E-state index is 0.0245. The van der Waals surface area contributed by atoms with Gasteiger partial charge < -0.3 is 10.2 Å². The summed E-state index contributed by atoms with van der Waals surface area (Å²) in [6.07, 6.45) is 0.502. The largest absolute Gasteiger partial charge is 0.478 e. The molecule has 1 fully saturated rings. The van der Waals surface area contributed by atoms with Crippen molar-refractivity contribution in [1.82, 2.24) is 4.31 Å². The van der Waals surface area contributed by atoms with Gasteiger partial charge in [0.2, 0.25) is 10.0 Å². The van der Waals surface area contributed by atoms with E-state index in [1.54, 1.807) is 6.07 Å². The second-order valence-corrected chi connectivity index (χ2v) is 7.78. The van der Waals surface area contributed by atoms with Gasteiger partial charge in [-0.25, -0.2) is 13.2 Å². The Bertz CT molecular complexity index is 669. The van der Waals surface area contributed by atoms with E-state index in [0.717, 1.165) is 0 Å². The van der Waals surface area contributed by atoms with Crippen LogP contribution in [0.5, 0.6) is 0 Å². The SMILES string of the molecule is CC(C)c1ccc(C(=O)O)cc1S(=O)(=O)N1CCC[C@@H](O)C1. The van der Waals surface area contributed by atoms with Crippen molar-refractivity contribution in [2.75, 3.05) is 13.1 Å². The summed E-state index contributed by atoms with van der Waals surface area (Å²) in [6, 6.07) is 4.19. The maximum Gasteiger partial charge on any atom is 0.335 e. The van der Waals surface area contributed by atoms with E-state index in [2.05, 4.69) is 0 Å². The molecule has 1 aromatic carbocycles. The molecule has 0 aromatic heterocycles. The smallest absolute Gasteiger partial charge is 0.335 e. The van der Waals surface area contributed by atoms with Crippen LogP contribution in [-0.2, 0) is 10.0 Å². The minimum Gasteiger partial charge on any atom is -0.478 e. The van der Waals surface area contributed by atoms with Gasteiger partial charge >= 0.3 is 5.97 Å². The highest BCUT2D eigenvalue weighted by molar-refractivity contribution is 7.89. The van der Waals surface area contributed by atoms with Gasteiger partial charge in [0.1, 0.15) is 0 Å². The number of carboxylic acids is 1. The molecule has 1 aliphatic heterocycles. The highest BCUT2D eigenvalue weighted by Gasteiger charge is 2.32. The van der Waals surface area contributed by atoms with Crippen molar-refractivity contribution >= 4 is 16.0 Å². The molecule has 122 valence electrons. The second-order valence-electron chi connectivity index (χ2n) is 5.87. The third-order valence-corrected chi connectivity index (χ3v) is 5.78. The molecule has 1 heterocycles. The monoisotopic (exact) mass is 327 g/mol. The number of aliphatic hydroxyl groups is 1. The van der Waals surface area contributed by atoms with Gasteiger partial charge in [-0.05, 0) is 36.5 Å². The van der Waals surface area contributed by atoms with Gasteiger partial charge in [-0.3, -0.25) is 0 Å². The van der Waals surface area contributed by atoms with Crippen molar-refractivity contribution in [1.29, 1.82) is 0 Å². The van der Waals surface area contributed by atoms with Crippen LogP contribution in [0.2, 0.25) is 0 Å². The first-order valence-electron chi connectivity index (χ1n) is 7.29. The van der Waals surface area contributed by atoms with E-state index >= 15 is 0 Å². The number of piperidine rings is 1. The number of carboxylic acid groups (broad SMARTS) is 1. The first-order valence-corrected chi connectivity index (χ1v) is 8.73. The molecule has 0 aliphatic carbocycles. The van der Waals surface area contributed by atoms with E-state index in [1.807, 2.05) is 13.8 Å². The predicted molar refractivity (Wildman–Crippen MR) is 81.5 cm³/mol. The highest BCUT2D eigenvalue weighted by Crippen LogP contribution is 2.29. The maximum absolute atomic E-state index is 12.9. The Morgan fingerprint density at radius 3 is 2.59 bits per heavy atom. The number of benzene rings is 1. The molecule has 2 rings (SSSR count). The van der Waals surface area contributed by atoms with Crippen LogP contribution < -0.4 is 0 Å². The first kappa shape index (κ1) is 16.9. The molecule has 0 unspecified atom stereocenters. The summed E-state index contributed by atoms with van der Waals surface area (Å²) in [5.74, 6) is -1.22. The summed E-state index contributed by atoms with van der Waals surface area (Å²) < 4.78 is 27.0. The van der Waals surface area contributed by atoms with Crippen LogP contribution in [0.25, 0.3) is 0 Å². The number of aliphatic hydroxyl groups excluding tert-OH is 1. The fourth-order valence-electron chi connectivity index (χ4n) is 2.65. The van der Waals surface area contributed by atoms with E-state index in [-0.39, 0.29) is 22.9 Å². The third kappa shape index (κ3) is 3.31. The lowest BCUT2D eigenvalue weighted by atomic mass is 10.0. The van der Waals surface area contributed by atoms with Crippen molar-refractivity contribution in [2.24, 2.45) is 0 Å². The number of carbonyl (C=O) groups is 1. The molecule has 1 saturated heterocycles. The van der Waals surface area contributed by atoms with Crippen molar-refractivity contribution in [3.63, 3.8) is 0 Å². The van der Waals surface area contributed by atoms with Crippen molar-refractivity contribution in [3.8, 4) is 0 Å². The van der Waals surface area contributed by atoms with Crippen LogP contribution in [-0.4, -0.2) is 48.1 Å². The number of hydrogen-bond acceptors (Lipinski definition) is 4. The average Bonchev–Trinajstić information content (AvgIpc) is 2.46. The molecule has 1 aromatic rings. The van der Waals surface area contributed by atoms with Gasteiger partial charge in [-0.1, -0.05) is 19.9 Å². The molecule has 0 saturated carbocycles. The molecule has 1 aliphatic rings. The zero-order valence-corrected chi connectivity index (χ0v) is 13.5. The van der Waals surface area contributed by atoms with Gasteiger partial charge in [-0.2, -0.15) is 4.31 Å². The minimum atomic E-state index is -3.82. The number of sulfonamides is 1. The van der Waals surface area contributed by atoms with E-state index in [4.69, 9.17) is 5.11 Å². The van der Waals surface area contributed by atoms with Crippen LogP contribution in [0.15, 0.2) is 23.1 Å². The third-order valence-electron chi connectivity index (χ3n) is 3.86. The lowest BCUT2D eigenvalue weighted by molar-refractivity contribution is 0.0696. The van der Waals surface area contributed by atoms with Gasteiger partial charge in [-0.15, -0.1) is 0 Å². The average molecular weight is 327 g/mol. The zero-order chi connectivity index (χ0) is 16.5. The Morgan fingerprint density at radius 1 is 1.36 bits per heavy atom. The van der Waals surface area contributed by atoms with Crippen molar-refractivity contribution < 1.29 is 23.4 Å². The molecule has 22 heavy (non-hydrogen) atoms. The maximum atomic E-state index is 12.9.